The molecule has 3 rings (SSSR count). The predicted octanol–water partition coefficient (Wildman–Crippen LogP) is 3.97. The van der Waals surface area contributed by atoms with Crippen molar-refractivity contribution >= 4 is 21.6 Å². The summed E-state index contributed by atoms with van der Waals surface area (Å²) in [6.07, 6.45) is 5.52. The van der Waals surface area contributed by atoms with Crippen LogP contribution in [0.25, 0.3) is 0 Å². The van der Waals surface area contributed by atoms with Crippen molar-refractivity contribution in [3.05, 3.63) is 59.4 Å². The SMILES string of the molecule is CN(C)CCCCOc1ccc(CC(=O)CN(C)CC(=O)Cc2cccc(F)c2)cc1S(=O)(=O)N1CCCCCC1. The van der Waals surface area contributed by atoms with Gasteiger partial charge in [-0.15, -0.1) is 0 Å². The Morgan fingerprint density at radius 2 is 1.51 bits per heavy atom. The van der Waals surface area contributed by atoms with Crippen LogP contribution in [0.5, 0.6) is 5.75 Å². The third-order valence-electron chi connectivity index (χ3n) is 7.03. The third-order valence-corrected chi connectivity index (χ3v) is 8.95. The standard InChI is InChI=1S/C31H44FN3O5S/c1-33(2)15-8-9-18-40-30-14-13-26(22-31(30)41(38,39)35-16-6-4-5-7-17-35)21-29(37)24-34(3)23-28(36)20-25-11-10-12-27(32)19-25/h10-14,19,22H,4-9,15-18,20-21,23-24H2,1-3H3. The molecular weight excluding hydrogens is 545 g/mol. The molecule has 0 spiro atoms. The van der Waals surface area contributed by atoms with Gasteiger partial charge in [0.1, 0.15) is 16.5 Å². The van der Waals surface area contributed by atoms with Crippen LogP contribution in [0, 0.1) is 5.82 Å². The highest BCUT2D eigenvalue weighted by molar-refractivity contribution is 7.89. The van der Waals surface area contributed by atoms with Crippen molar-refractivity contribution in [2.45, 2.75) is 56.3 Å². The minimum absolute atomic E-state index is 0.0349. The Hall–Kier alpha value is -2.66. The van der Waals surface area contributed by atoms with E-state index in [9.17, 15) is 22.4 Å². The summed E-state index contributed by atoms with van der Waals surface area (Å²) in [5.74, 6) is -0.336. The maximum absolute atomic E-state index is 13.7. The van der Waals surface area contributed by atoms with E-state index in [1.807, 2.05) is 14.1 Å². The number of sulfonamides is 1. The lowest BCUT2D eigenvalue weighted by atomic mass is 10.1. The molecule has 10 heteroatoms. The topological polar surface area (TPSA) is 87.2 Å². The summed E-state index contributed by atoms with van der Waals surface area (Å²) in [6, 6.07) is 10.9. The molecule has 0 amide bonds. The molecule has 1 saturated heterocycles. The molecule has 0 N–H and O–H groups in total. The van der Waals surface area contributed by atoms with E-state index in [1.54, 1.807) is 42.3 Å². The molecule has 0 aromatic heterocycles. The zero-order chi connectivity index (χ0) is 29.8. The van der Waals surface area contributed by atoms with Crippen LogP contribution in [-0.2, 0) is 32.5 Å². The number of hydrogen-bond acceptors (Lipinski definition) is 7. The molecule has 1 aliphatic rings. The van der Waals surface area contributed by atoms with Gasteiger partial charge >= 0.3 is 0 Å². The number of nitrogens with zero attached hydrogens (tertiary/aromatic N) is 3. The molecule has 0 unspecified atom stereocenters. The van der Waals surface area contributed by atoms with Crippen LogP contribution in [0.4, 0.5) is 4.39 Å². The van der Waals surface area contributed by atoms with Gasteiger partial charge in [0, 0.05) is 25.9 Å². The molecule has 0 aliphatic carbocycles. The Morgan fingerprint density at radius 3 is 2.12 bits per heavy atom. The van der Waals surface area contributed by atoms with E-state index in [4.69, 9.17) is 4.74 Å². The lowest BCUT2D eigenvalue weighted by Crippen LogP contribution is -2.33. The fourth-order valence-corrected chi connectivity index (χ4v) is 6.69. The zero-order valence-corrected chi connectivity index (χ0v) is 25.4. The molecule has 0 radical (unpaired) electrons. The first-order valence-electron chi connectivity index (χ1n) is 14.4. The summed E-state index contributed by atoms with van der Waals surface area (Å²) >= 11 is 0. The highest BCUT2D eigenvalue weighted by atomic mass is 32.2. The Bertz CT molecular complexity index is 1260. The number of carbonyl (C=O) groups is 2. The minimum Gasteiger partial charge on any atom is -0.492 e. The normalized spacial score (nSPS) is 14.8. The summed E-state index contributed by atoms with van der Waals surface area (Å²) in [5, 5.41) is 0. The van der Waals surface area contributed by atoms with Crippen LogP contribution >= 0.6 is 0 Å². The predicted molar refractivity (Wildman–Crippen MR) is 158 cm³/mol. The van der Waals surface area contributed by atoms with E-state index in [2.05, 4.69) is 4.90 Å². The summed E-state index contributed by atoms with van der Waals surface area (Å²) < 4.78 is 48.4. The van der Waals surface area contributed by atoms with Gasteiger partial charge in [-0.25, -0.2) is 12.8 Å². The first-order chi connectivity index (χ1) is 19.5. The number of ether oxygens (including phenoxy) is 1. The number of hydrogen-bond donors (Lipinski definition) is 0. The van der Waals surface area contributed by atoms with Crippen molar-refractivity contribution < 1.29 is 27.1 Å². The number of carbonyl (C=O) groups excluding carboxylic acids is 2. The van der Waals surface area contributed by atoms with Gasteiger partial charge < -0.3 is 9.64 Å². The molecule has 1 heterocycles. The second kappa shape index (κ2) is 16.1. The van der Waals surface area contributed by atoms with E-state index in [-0.39, 0.29) is 42.4 Å². The van der Waals surface area contributed by atoms with Gasteiger partial charge in [-0.2, -0.15) is 4.31 Å². The summed E-state index contributed by atoms with van der Waals surface area (Å²) in [6.45, 7) is 2.37. The summed E-state index contributed by atoms with van der Waals surface area (Å²) in [4.78, 5) is 29.2. The van der Waals surface area contributed by atoms with Crippen molar-refractivity contribution in [1.29, 1.82) is 0 Å². The number of halogens is 1. The van der Waals surface area contributed by atoms with Crippen molar-refractivity contribution in [2.75, 3.05) is 60.5 Å². The van der Waals surface area contributed by atoms with Crippen molar-refractivity contribution in [1.82, 2.24) is 14.1 Å². The highest BCUT2D eigenvalue weighted by Gasteiger charge is 2.29. The first kappa shape index (κ1) is 32.8. The van der Waals surface area contributed by atoms with E-state index in [0.29, 0.717) is 36.6 Å². The highest BCUT2D eigenvalue weighted by Crippen LogP contribution is 2.30. The van der Waals surface area contributed by atoms with Crippen LogP contribution in [0.1, 0.15) is 49.7 Å². The fraction of sp³-hybridized carbons (Fsp3) is 0.548. The Morgan fingerprint density at radius 1 is 0.878 bits per heavy atom. The molecule has 0 bridgehead atoms. The van der Waals surface area contributed by atoms with Crippen molar-refractivity contribution in [3.8, 4) is 5.75 Å². The van der Waals surface area contributed by atoms with Crippen molar-refractivity contribution in [3.63, 3.8) is 0 Å². The molecule has 226 valence electrons. The molecule has 0 saturated carbocycles. The van der Waals surface area contributed by atoms with Crippen LogP contribution in [0.15, 0.2) is 47.4 Å². The van der Waals surface area contributed by atoms with Gasteiger partial charge in [-0.05, 0) is 88.8 Å². The molecule has 8 nitrogen and oxygen atoms in total. The quantitative estimate of drug-likeness (QED) is 0.274. The largest absolute Gasteiger partial charge is 0.492 e. The smallest absolute Gasteiger partial charge is 0.246 e. The number of likely N-dealkylation sites (N-methyl/N-ethyl adjacent to an activating group) is 1. The fourth-order valence-electron chi connectivity index (χ4n) is 4.99. The average molecular weight is 590 g/mol. The summed E-state index contributed by atoms with van der Waals surface area (Å²) in [5.41, 5.74) is 1.18. The van der Waals surface area contributed by atoms with Crippen LogP contribution in [0.2, 0.25) is 0 Å². The van der Waals surface area contributed by atoms with Gasteiger partial charge in [0.25, 0.3) is 0 Å². The molecule has 41 heavy (non-hydrogen) atoms. The maximum atomic E-state index is 13.7. The second-order valence-electron chi connectivity index (χ2n) is 11.2. The van der Waals surface area contributed by atoms with Crippen molar-refractivity contribution in [2.24, 2.45) is 0 Å². The molecule has 2 aromatic rings. The maximum Gasteiger partial charge on any atom is 0.246 e. The van der Waals surface area contributed by atoms with Gasteiger partial charge in [0.15, 0.2) is 11.6 Å². The van der Waals surface area contributed by atoms with Gasteiger partial charge in [-0.3, -0.25) is 14.5 Å². The first-order valence-corrected chi connectivity index (χ1v) is 15.9. The van der Waals surface area contributed by atoms with Crippen LogP contribution in [-0.4, -0.2) is 94.6 Å². The van der Waals surface area contributed by atoms with Crippen LogP contribution < -0.4 is 4.74 Å². The number of ketones is 2. The van der Waals surface area contributed by atoms with Gasteiger partial charge in [0.2, 0.25) is 10.0 Å². The lowest BCUT2D eigenvalue weighted by Gasteiger charge is -2.22. The molecule has 0 atom stereocenters. The van der Waals surface area contributed by atoms with Gasteiger partial charge in [-0.1, -0.05) is 31.0 Å². The average Bonchev–Trinajstić information content (AvgIpc) is 3.19. The number of rotatable bonds is 16. The second-order valence-corrected chi connectivity index (χ2v) is 13.1. The van der Waals surface area contributed by atoms with E-state index in [0.717, 1.165) is 45.1 Å². The number of Topliss-reactive ketones (excluding diaryl/α,β-unsaturated/α-hetero) is 2. The molecule has 2 aromatic carbocycles. The van der Waals surface area contributed by atoms with E-state index in [1.165, 1.54) is 16.4 Å². The third kappa shape index (κ3) is 10.9. The monoisotopic (exact) mass is 589 g/mol. The molecule has 1 aliphatic heterocycles. The number of benzene rings is 2. The molecule has 1 fully saturated rings. The zero-order valence-electron chi connectivity index (χ0n) is 24.6. The van der Waals surface area contributed by atoms with Gasteiger partial charge in [0.05, 0.1) is 19.7 Å². The Balaban J connectivity index is 1.67. The Labute approximate surface area is 244 Å². The minimum atomic E-state index is -3.80. The van der Waals surface area contributed by atoms with E-state index < -0.39 is 15.8 Å². The Kier molecular flexibility index (Phi) is 12.9. The number of unbranched alkanes of at least 4 members (excludes halogenated alkanes) is 1. The molecular formula is C31H44FN3O5S. The van der Waals surface area contributed by atoms with E-state index >= 15 is 0 Å². The van der Waals surface area contributed by atoms with Crippen LogP contribution in [0.3, 0.4) is 0 Å². The lowest BCUT2D eigenvalue weighted by molar-refractivity contribution is -0.121. The summed E-state index contributed by atoms with van der Waals surface area (Å²) in [7, 11) is 1.91.